The molecular weight excluding hydrogens is 316 g/mol. The summed E-state index contributed by atoms with van der Waals surface area (Å²) in [5.41, 5.74) is 0.924. The van der Waals surface area contributed by atoms with E-state index in [4.69, 9.17) is 0 Å². The van der Waals surface area contributed by atoms with Crippen LogP contribution in [-0.4, -0.2) is 59.5 Å². The van der Waals surface area contributed by atoms with E-state index < -0.39 is 0 Å². The summed E-state index contributed by atoms with van der Waals surface area (Å²) in [4.78, 5) is 28.0. The van der Waals surface area contributed by atoms with Crippen molar-refractivity contribution in [2.75, 3.05) is 32.8 Å². The highest BCUT2D eigenvalue weighted by Gasteiger charge is 2.50. The molecule has 1 aromatic rings. The zero-order chi connectivity index (χ0) is 17.9. The van der Waals surface area contributed by atoms with Crippen molar-refractivity contribution in [3.63, 3.8) is 0 Å². The number of carbonyl (C=O) groups excluding carboxylic acids is 2. The normalized spacial score (nSPS) is 25.8. The Bertz CT molecular complexity index is 619. The third-order valence-corrected chi connectivity index (χ3v) is 5.88. The fourth-order valence-corrected chi connectivity index (χ4v) is 4.31. The lowest BCUT2D eigenvalue weighted by atomic mass is 9.74. The van der Waals surface area contributed by atoms with Gasteiger partial charge >= 0.3 is 0 Å². The van der Waals surface area contributed by atoms with E-state index in [9.17, 15) is 14.7 Å². The fraction of sp³-hybridized carbons (Fsp3) is 0.600. The van der Waals surface area contributed by atoms with Gasteiger partial charge in [0.25, 0.3) is 0 Å². The Labute approximate surface area is 149 Å². The Morgan fingerprint density at radius 3 is 2.60 bits per heavy atom. The molecule has 0 saturated carbocycles. The van der Waals surface area contributed by atoms with Gasteiger partial charge in [-0.25, -0.2) is 0 Å². The van der Waals surface area contributed by atoms with Gasteiger partial charge in [-0.1, -0.05) is 30.3 Å². The van der Waals surface area contributed by atoms with Crippen LogP contribution in [0.2, 0.25) is 0 Å². The van der Waals surface area contributed by atoms with Gasteiger partial charge in [0.05, 0.1) is 6.61 Å². The van der Waals surface area contributed by atoms with Crippen LogP contribution in [0, 0.1) is 11.3 Å². The largest absolute Gasteiger partial charge is 0.396 e. The summed E-state index contributed by atoms with van der Waals surface area (Å²) in [6.45, 7) is 4.21. The Morgan fingerprint density at radius 2 is 1.92 bits per heavy atom. The molecule has 2 aliphatic heterocycles. The number of aryl methyl sites for hydroxylation is 1. The highest BCUT2D eigenvalue weighted by molar-refractivity contribution is 5.76. The Hall–Kier alpha value is -1.88. The molecule has 1 N–H and O–H groups in total. The van der Waals surface area contributed by atoms with E-state index in [1.54, 1.807) is 6.92 Å². The molecular formula is C20H28N2O3. The molecule has 2 aliphatic rings. The topological polar surface area (TPSA) is 60.9 Å². The van der Waals surface area contributed by atoms with E-state index in [0.29, 0.717) is 32.0 Å². The van der Waals surface area contributed by atoms with Crippen LogP contribution in [0.1, 0.15) is 31.7 Å². The van der Waals surface area contributed by atoms with Crippen LogP contribution in [0.25, 0.3) is 0 Å². The quantitative estimate of drug-likeness (QED) is 0.884. The lowest BCUT2D eigenvalue weighted by Gasteiger charge is -2.43. The van der Waals surface area contributed by atoms with Crippen LogP contribution in [0.4, 0.5) is 0 Å². The van der Waals surface area contributed by atoms with Crippen molar-refractivity contribution < 1.29 is 14.7 Å². The van der Waals surface area contributed by atoms with E-state index in [0.717, 1.165) is 25.8 Å². The first-order valence-corrected chi connectivity index (χ1v) is 9.22. The summed E-state index contributed by atoms with van der Waals surface area (Å²) in [7, 11) is 0. The molecule has 2 heterocycles. The summed E-state index contributed by atoms with van der Waals surface area (Å²) in [5.74, 6) is 0.529. The first-order valence-electron chi connectivity index (χ1n) is 9.22. The van der Waals surface area contributed by atoms with Crippen LogP contribution in [0.3, 0.4) is 0 Å². The molecule has 3 rings (SSSR count). The van der Waals surface area contributed by atoms with Gasteiger partial charge in [0.2, 0.25) is 11.8 Å². The number of aliphatic hydroxyl groups excluding tert-OH is 1. The number of likely N-dealkylation sites (tertiary alicyclic amines) is 2. The summed E-state index contributed by atoms with van der Waals surface area (Å²) in [5, 5.41) is 10.00. The van der Waals surface area contributed by atoms with Crippen molar-refractivity contribution in [2.24, 2.45) is 11.3 Å². The second-order valence-corrected chi connectivity index (χ2v) is 7.56. The van der Waals surface area contributed by atoms with Crippen molar-refractivity contribution >= 4 is 11.8 Å². The van der Waals surface area contributed by atoms with Gasteiger partial charge in [-0.05, 0) is 30.7 Å². The van der Waals surface area contributed by atoms with Crippen molar-refractivity contribution in [1.29, 1.82) is 0 Å². The lowest BCUT2D eigenvalue weighted by Crippen LogP contribution is -2.52. The maximum Gasteiger partial charge on any atom is 0.222 e. The Balaban J connectivity index is 1.55. The molecule has 5 heteroatoms. The number of aliphatic hydroxyl groups is 1. The smallest absolute Gasteiger partial charge is 0.222 e. The minimum atomic E-state index is -0.334. The van der Waals surface area contributed by atoms with Gasteiger partial charge in [0.1, 0.15) is 0 Å². The van der Waals surface area contributed by atoms with Gasteiger partial charge < -0.3 is 14.9 Å². The monoisotopic (exact) mass is 344 g/mol. The van der Waals surface area contributed by atoms with Gasteiger partial charge in [0, 0.05) is 44.9 Å². The predicted octanol–water partition coefficient (Wildman–Crippen LogP) is 1.70. The lowest BCUT2D eigenvalue weighted by molar-refractivity contribution is -0.136. The zero-order valence-electron chi connectivity index (χ0n) is 15.0. The molecule has 0 aliphatic carbocycles. The van der Waals surface area contributed by atoms with Crippen molar-refractivity contribution in [3.8, 4) is 0 Å². The highest BCUT2D eigenvalue weighted by atomic mass is 16.3. The molecule has 0 bridgehead atoms. The minimum Gasteiger partial charge on any atom is -0.396 e. The van der Waals surface area contributed by atoms with Gasteiger partial charge in [0.15, 0.2) is 0 Å². The average molecular weight is 344 g/mol. The minimum absolute atomic E-state index is 0.0369. The number of hydrogen-bond donors (Lipinski definition) is 1. The maximum atomic E-state index is 12.6. The molecule has 2 atom stereocenters. The number of fused-ring (bicyclic) bond motifs is 1. The number of amides is 2. The van der Waals surface area contributed by atoms with Gasteiger partial charge in [-0.15, -0.1) is 0 Å². The molecule has 0 radical (unpaired) electrons. The second kappa shape index (κ2) is 7.56. The first kappa shape index (κ1) is 17.9. The number of piperidine rings is 1. The number of carbonyl (C=O) groups is 2. The third-order valence-electron chi connectivity index (χ3n) is 5.88. The molecule has 2 fully saturated rings. The molecule has 136 valence electrons. The van der Waals surface area contributed by atoms with Crippen molar-refractivity contribution in [3.05, 3.63) is 35.9 Å². The van der Waals surface area contributed by atoms with E-state index in [1.807, 2.05) is 28.0 Å². The summed E-state index contributed by atoms with van der Waals surface area (Å²) >= 11 is 0. The molecule has 25 heavy (non-hydrogen) atoms. The Morgan fingerprint density at radius 1 is 1.20 bits per heavy atom. The van der Waals surface area contributed by atoms with Crippen LogP contribution in [0.5, 0.6) is 0 Å². The first-order chi connectivity index (χ1) is 12.0. The molecule has 0 unspecified atom stereocenters. The van der Waals surface area contributed by atoms with Crippen LogP contribution >= 0.6 is 0 Å². The summed E-state index contributed by atoms with van der Waals surface area (Å²) in [6, 6.07) is 10.2. The molecule has 1 aromatic carbocycles. The molecule has 5 nitrogen and oxygen atoms in total. The van der Waals surface area contributed by atoms with Gasteiger partial charge in [-0.3, -0.25) is 9.59 Å². The molecule has 2 saturated heterocycles. The van der Waals surface area contributed by atoms with E-state index in [-0.39, 0.29) is 23.8 Å². The summed E-state index contributed by atoms with van der Waals surface area (Å²) in [6.07, 6.45) is 3.16. The Kier molecular flexibility index (Phi) is 5.42. The third kappa shape index (κ3) is 3.87. The maximum absolute atomic E-state index is 12.6. The zero-order valence-corrected chi connectivity index (χ0v) is 15.0. The van der Waals surface area contributed by atoms with E-state index in [1.165, 1.54) is 5.56 Å². The van der Waals surface area contributed by atoms with Gasteiger partial charge in [-0.2, -0.15) is 0 Å². The fourth-order valence-electron chi connectivity index (χ4n) is 4.31. The number of rotatable bonds is 5. The number of hydrogen-bond acceptors (Lipinski definition) is 3. The highest BCUT2D eigenvalue weighted by Crippen LogP contribution is 2.42. The molecule has 2 amide bonds. The summed E-state index contributed by atoms with van der Waals surface area (Å²) < 4.78 is 0. The van der Waals surface area contributed by atoms with Crippen molar-refractivity contribution in [1.82, 2.24) is 9.80 Å². The standard InChI is InChI=1S/C20H28N2O3/c1-16(24)22-12-18-10-11-21(13-20(18,14-22)15-23)19(25)9-5-8-17-6-3-2-4-7-17/h2-4,6-7,18,23H,5,8-15H2,1H3/t18-,20+/m1/s1. The van der Waals surface area contributed by atoms with E-state index >= 15 is 0 Å². The number of benzene rings is 1. The molecule has 0 aromatic heterocycles. The average Bonchev–Trinajstić information content (AvgIpc) is 3.02. The van der Waals surface area contributed by atoms with Crippen LogP contribution < -0.4 is 0 Å². The van der Waals surface area contributed by atoms with E-state index in [2.05, 4.69) is 12.1 Å². The molecule has 0 spiro atoms. The number of nitrogens with zero attached hydrogens (tertiary/aromatic N) is 2. The second-order valence-electron chi connectivity index (χ2n) is 7.56. The van der Waals surface area contributed by atoms with Crippen LogP contribution in [-0.2, 0) is 16.0 Å². The van der Waals surface area contributed by atoms with Crippen LogP contribution in [0.15, 0.2) is 30.3 Å². The predicted molar refractivity (Wildman–Crippen MR) is 95.8 cm³/mol. The van der Waals surface area contributed by atoms with Crippen molar-refractivity contribution in [2.45, 2.75) is 32.6 Å². The SMILES string of the molecule is CC(=O)N1C[C@H]2CCN(C(=O)CCCc3ccccc3)C[C@@]2(CO)C1.